The zero-order valence-corrected chi connectivity index (χ0v) is 30.3. The number of likely N-dealkylation sites (tertiary alicyclic amines) is 1. The van der Waals surface area contributed by atoms with Crippen LogP contribution < -0.4 is 25.6 Å². The number of imidazole rings is 1. The lowest BCUT2D eigenvalue weighted by Crippen LogP contribution is -2.51. The van der Waals surface area contributed by atoms with Crippen LogP contribution in [0.25, 0.3) is 11.3 Å². The minimum atomic E-state index is -0.352. The Hall–Kier alpha value is -6.06. The number of pyridine rings is 2. The van der Waals surface area contributed by atoms with E-state index >= 15 is 0 Å². The Balaban J connectivity index is 0.849. The Morgan fingerprint density at radius 1 is 0.981 bits per heavy atom. The fourth-order valence-corrected chi connectivity index (χ4v) is 7.56. The van der Waals surface area contributed by atoms with Gasteiger partial charge in [-0.1, -0.05) is 6.07 Å². The van der Waals surface area contributed by atoms with Crippen molar-refractivity contribution >= 4 is 46.6 Å². The zero-order valence-electron chi connectivity index (χ0n) is 30.3. The fourth-order valence-electron chi connectivity index (χ4n) is 7.56. The molecule has 5 aromatic heterocycles. The van der Waals surface area contributed by atoms with Crippen LogP contribution in [0.1, 0.15) is 85.8 Å². The van der Waals surface area contributed by atoms with E-state index in [-0.39, 0.29) is 47.7 Å². The molecule has 0 radical (unpaired) electrons. The molecule has 8 rings (SSSR count). The highest BCUT2D eigenvalue weighted by atomic mass is 16.5. The van der Waals surface area contributed by atoms with Gasteiger partial charge >= 0.3 is 6.03 Å². The van der Waals surface area contributed by atoms with E-state index in [9.17, 15) is 19.2 Å². The number of urea groups is 1. The summed E-state index contributed by atoms with van der Waals surface area (Å²) in [6.07, 6.45) is 14.3. The van der Waals surface area contributed by atoms with E-state index in [0.29, 0.717) is 54.2 Å². The molecule has 5 amide bonds. The van der Waals surface area contributed by atoms with Crippen LogP contribution in [-0.4, -0.2) is 95.9 Å². The van der Waals surface area contributed by atoms with Gasteiger partial charge in [-0.3, -0.25) is 19.7 Å². The summed E-state index contributed by atoms with van der Waals surface area (Å²) in [6, 6.07) is 7.45. The van der Waals surface area contributed by atoms with Gasteiger partial charge in [0.1, 0.15) is 22.9 Å². The summed E-state index contributed by atoms with van der Waals surface area (Å²) in [5.74, 6) is 0.263. The number of piperidine rings is 3. The number of nitrogens with one attached hydrogen (secondary N) is 3. The van der Waals surface area contributed by atoms with Crippen molar-refractivity contribution in [2.75, 3.05) is 36.4 Å². The molecule has 3 aliphatic rings. The lowest BCUT2D eigenvalue weighted by Gasteiger charge is -2.36. The molecule has 0 bridgehead atoms. The highest BCUT2D eigenvalue weighted by Gasteiger charge is 2.30. The van der Waals surface area contributed by atoms with E-state index in [4.69, 9.17) is 9.72 Å². The number of hydrogen-bond acceptors (Lipinski definition) is 10. The molecular formula is C38H43N11O5. The van der Waals surface area contributed by atoms with Gasteiger partial charge in [-0.25, -0.2) is 24.3 Å². The predicted molar refractivity (Wildman–Crippen MR) is 199 cm³/mol. The second-order valence-electron chi connectivity index (χ2n) is 14.5. The van der Waals surface area contributed by atoms with Gasteiger partial charge in [0.15, 0.2) is 5.65 Å². The van der Waals surface area contributed by atoms with Crippen LogP contribution in [-0.2, 0) is 9.59 Å². The maximum atomic E-state index is 13.6. The minimum Gasteiger partial charge on any atom is -0.490 e. The lowest BCUT2D eigenvalue weighted by molar-refractivity contribution is -0.134. The fraction of sp³-hybridized carbons (Fsp3) is 0.421. The first-order chi connectivity index (χ1) is 26.2. The van der Waals surface area contributed by atoms with Crippen molar-refractivity contribution in [1.29, 1.82) is 0 Å². The third-order valence-electron chi connectivity index (χ3n) is 10.5. The van der Waals surface area contributed by atoms with Crippen LogP contribution in [0.5, 0.6) is 5.75 Å². The number of rotatable bonds is 8. The highest BCUT2D eigenvalue weighted by molar-refractivity contribution is 6.07. The van der Waals surface area contributed by atoms with E-state index in [2.05, 4.69) is 35.9 Å². The number of amides is 5. The molecule has 1 atom stereocenters. The molecule has 1 unspecified atom stereocenters. The summed E-state index contributed by atoms with van der Waals surface area (Å²) in [5, 5.41) is 12.9. The quantitative estimate of drug-likeness (QED) is 0.198. The van der Waals surface area contributed by atoms with Crippen LogP contribution in [0.3, 0.4) is 0 Å². The summed E-state index contributed by atoms with van der Waals surface area (Å²) in [5.41, 5.74) is 3.82. The Bertz CT molecular complexity index is 2200. The van der Waals surface area contributed by atoms with Crippen molar-refractivity contribution in [2.24, 2.45) is 0 Å². The molecule has 8 heterocycles. The molecule has 16 heteroatoms. The Morgan fingerprint density at radius 2 is 1.80 bits per heavy atom. The third kappa shape index (κ3) is 7.27. The number of nitrogens with zero attached hydrogens (tertiary/aromatic N) is 8. The molecule has 280 valence electrons. The smallest absolute Gasteiger partial charge is 0.317 e. The van der Waals surface area contributed by atoms with Crippen molar-refractivity contribution in [3.8, 4) is 5.75 Å². The molecule has 3 N–H and O–H groups in total. The molecule has 0 aliphatic carbocycles. The van der Waals surface area contributed by atoms with Gasteiger partial charge in [-0.2, -0.15) is 5.10 Å². The molecule has 3 fully saturated rings. The SMILES string of the molecule is CC(C)Oc1cc2nc(C3CCN(C(=O)NC4CCN(c5ccc(C6CCC(=O)NC6=O)cn5)CC4)CC3)cn2cc1C(=O)Nc1cnn2cccnc12. The number of fused-ring (bicyclic) bond motifs is 2. The van der Waals surface area contributed by atoms with Crippen LogP contribution in [0.15, 0.2) is 61.4 Å². The van der Waals surface area contributed by atoms with Gasteiger partial charge in [0.2, 0.25) is 11.8 Å². The number of imide groups is 1. The second kappa shape index (κ2) is 14.8. The predicted octanol–water partition coefficient (Wildman–Crippen LogP) is 3.89. The largest absolute Gasteiger partial charge is 0.490 e. The van der Waals surface area contributed by atoms with E-state index in [1.54, 1.807) is 47.6 Å². The van der Waals surface area contributed by atoms with Crippen LogP contribution in [0.2, 0.25) is 0 Å². The minimum absolute atomic E-state index is 0.0406. The maximum absolute atomic E-state index is 13.6. The van der Waals surface area contributed by atoms with Crippen LogP contribution in [0, 0.1) is 0 Å². The number of ether oxygens (including phenoxy) is 1. The maximum Gasteiger partial charge on any atom is 0.317 e. The molecule has 0 spiro atoms. The molecule has 5 aromatic rings. The Kier molecular flexibility index (Phi) is 9.56. The van der Waals surface area contributed by atoms with Crippen LogP contribution in [0.4, 0.5) is 16.3 Å². The van der Waals surface area contributed by atoms with Crippen molar-refractivity contribution < 1.29 is 23.9 Å². The second-order valence-corrected chi connectivity index (χ2v) is 14.5. The molecular weight excluding hydrogens is 690 g/mol. The molecule has 16 nitrogen and oxygen atoms in total. The molecule has 3 aliphatic heterocycles. The first kappa shape index (κ1) is 35.0. The first-order valence-corrected chi connectivity index (χ1v) is 18.6. The zero-order chi connectivity index (χ0) is 37.3. The van der Waals surface area contributed by atoms with E-state index in [0.717, 1.165) is 55.8 Å². The van der Waals surface area contributed by atoms with E-state index < -0.39 is 0 Å². The van der Waals surface area contributed by atoms with Crippen molar-refractivity contribution in [3.05, 3.63) is 78.3 Å². The molecule has 3 saturated heterocycles. The van der Waals surface area contributed by atoms with Crippen LogP contribution >= 0.6 is 0 Å². The normalized spacial score (nSPS) is 18.7. The standard InChI is InChI=1S/C38H43N11O5/c1-23(2)54-31-18-33-43-30(22-48(33)21-28(31)37(52)44-29-20-41-49-13-3-12-39-35(29)49)24-8-14-47(15-9-24)38(53)42-26-10-16-46(17-11-26)32-6-4-25(19-40-32)27-5-7-34(50)45-36(27)51/h3-4,6,12-13,18-24,26-27H,5,7-11,14-17H2,1-2H3,(H,42,53)(H,44,52)(H,45,50,51). The van der Waals surface area contributed by atoms with Crippen molar-refractivity contribution in [3.63, 3.8) is 0 Å². The average Bonchev–Trinajstić information content (AvgIpc) is 3.78. The van der Waals surface area contributed by atoms with Gasteiger partial charge < -0.3 is 29.6 Å². The van der Waals surface area contributed by atoms with Gasteiger partial charge in [-0.15, -0.1) is 0 Å². The summed E-state index contributed by atoms with van der Waals surface area (Å²) < 4.78 is 9.53. The summed E-state index contributed by atoms with van der Waals surface area (Å²) in [4.78, 5) is 68.6. The Morgan fingerprint density at radius 3 is 2.54 bits per heavy atom. The van der Waals surface area contributed by atoms with Crippen molar-refractivity contribution in [1.82, 2.24) is 44.5 Å². The number of aromatic nitrogens is 6. The Labute approximate surface area is 311 Å². The van der Waals surface area contributed by atoms with E-state index in [1.165, 1.54) is 0 Å². The van der Waals surface area contributed by atoms with Gasteiger partial charge in [0.05, 0.1) is 29.5 Å². The average molecular weight is 734 g/mol. The molecule has 0 aromatic carbocycles. The number of carbonyl (C=O) groups is 4. The summed E-state index contributed by atoms with van der Waals surface area (Å²) >= 11 is 0. The number of carbonyl (C=O) groups excluding carboxylic acids is 4. The van der Waals surface area contributed by atoms with E-state index in [1.807, 2.05) is 41.5 Å². The van der Waals surface area contributed by atoms with Crippen molar-refractivity contribution in [2.45, 2.75) is 76.4 Å². The molecule has 0 saturated carbocycles. The summed E-state index contributed by atoms with van der Waals surface area (Å²) in [7, 11) is 0. The lowest BCUT2D eigenvalue weighted by atomic mass is 9.92. The van der Waals surface area contributed by atoms with Gasteiger partial charge in [0.25, 0.3) is 5.91 Å². The number of hydrogen-bond donors (Lipinski definition) is 3. The van der Waals surface area contributed by atoms with Gasteiger partial charge in [-0.05, 0) is 63.6 Å². The van der Waals surface area contributed by atoms with Gasteiger partial charge in [0, 0.05) is 81.6 Å². The summed E-state index contributed by atoms with van der Waals surface area (Å²) in [6.45, 7) is 6.59. The monoisotopic (exact) mass is 733 g/mol. The number of anilines is 2. The highest BCUT2D eigenvalue weighted by Crippen LogP contribution is 2.31. The topological polar surface area (TPSA) is 180 Å². The molecule has 54 heavy (non-hydrogen) atoms. The first-order valence-electron chi connectivity index (χ1n) is 18.6. The third-order valence-corrected chi connectivity index (χ3v) is 10.5.